The molecule has 1 aliphatic rings. The first-order chi connectivity index (χ1) is 14.2. The van der Waals surface area contributed by atoms with Crippen molar-refractivity contribution in [3.05, 3.63) is 66.4 Å². The van der Waals surface area contributed by atoms with Gasteiger partial charge in [0.2, 0.25) is 5.95 Å². The van der Waals surface area contributed by atoms with Crippen LogP contribution in [0, 0.1) is 17.2 Å². The SMILES string of the molecule is CC1CCN(c2ccc(Nc3nccc(Nc4ccc(C#N)cc4)n3)cc2)CC1. The zero-order valence-electron chi connectivity index (χ0n) is 16.5. The van der Waals surface area contributed by atoms with Gasteiger partial charge in [0.15, 0.2) is 0 Å². The van der Waals surface area contributed by atoms with Crippen molar-refractivity contribution in [1.82, 2.24) is 9.97 Å². The molecule has 6 nitrogen and oxygen atoms in total. The second-order valence-corrected chi connectivity index (χ2v) is 7.42. The third-order valence-electron chi connectivity index (χ3n) is 5.21. The number of nitrogens with one attached hydrogen (secondary N) is 2. The molecule has 0 bridgehead atoms. The Morgan fingerprint density at radius 1 is 0.931 bits per heavy atom. The summed E-state index contributed by atoms with van der Waals surface area (Å²) in [5.74, 6) is 2.05. The summed E-state index contributed by atoms with van der Waals surface area (Å²) in [6.07, 6.45) is 4.23. The number of piperidine rings is 1. The van der Waals surface area contributed by atoms with Gasteiger partial charge in [-0.3, -0.25) is 0 Å². The van der Waals surface area contributed by atoms with Crippen molar-refractivity contribution in [2.75, 3.05) is 28.6 Å². The van der Waals surface area contributed by atoms with Crippen LogP contribution in [0.15, 0.2) is 60.8 Å². The molecule has 4 rings (SSSR count). The van der Waals surface area contributed by atoms with Gasteiger partial charge in [0.05, 0.1) is 11.6 Å². The molecule has 6 heteroatoms. The quantitative estimate of drug-likeness (QED) is 0.639. The largest absolute Gasteiger partial charge is 0.372 e. The van der Waals surface area contributed by atoms with E-state index in [1.165, 1.54) is 18.5 Å². The fourth-order valence-electron chi connectivity index (χ4n) is 3.42. The lowest BCUT2D eigenvalue weighted by Crippen LogP contribution is -2.32. The molecule has 0 radical (unpaired) electrons. The van der Waals surface area contributed by atoms with E-state index in [0.29, 0.717) is 17.3 Å². The van der Waals surface area contributed by atoms with Gasteiger partial charge in [-0.25, -0.2) is 4.98 Å². The lowest BCUT2D eigenvalue weighted by atomic mass is 9.99. The van der Waals surface area contributed by atoms with E-state index < -0.39 is 0 Å². The van der Waals surface area contributed by atoms with E-state index in [2.05, 4.69) is 62.8 Å². The van der Waals surface area contributed by atoms with Crippen LogP contribution < -0.4 is 15.5 Å². The molecule has 29 heavy (non-hydrogen) atoms. The van der Waals surface area contributed by atoms with E-state index in [1.54, 1.807) is 18.3 Å². The molecule has 1 fully saturated rings. The minimum Gasteiger partial charge on any atom is -0.372 e. The lowest BCUT2D eigenvalue weighted by Gasteiger charge is -2.32. The molecule has 0 aliphatic carbocycles. The molecular formula is C23H24N6. The van der Waals surface area contributed by atoms with Crippen molar-refractivity contribution in [3.63, 3.8) is 0 Å². The van der Waals surface area contributed by atoms with Crippen LogP contribution in [-0.4, -0.2) is 23.1 Å². The van der Waals surface area contributed by atoms with E-state index in [9.17, 15) is 0 Å². The average Bonchev–Trinajstić information content (AvgIpc) is 2.76. The van der Waals surface area contributed by atoms with Crippen LogP contribution in [0.4, 0.5) is 28.8 Å². The Morgan fingerprint density at radius 2 is 1.59 bits per heavy atom. The number of hydrogen-bond acceptors (Lipinski definition) is 6. The lowest BCUT2D eigenvalue weighted by molar-refractivity contribution is 0.438. The summed E-state index contributed by atoms with van der Waals surface area (Å²) >= 11 is 0. The molecule has 1 aromatic heterocycles. The third-order valence-corrected chi connectivity index (χ3v) is 5.21. The first-order valence-electron chi connectivity index (χ1n) is 9.92. The minimum absolute atomic E-state index is 0.531. The second kappa shape index (κ2) is 8.61. The van der Waals surface area contributed by atoms with Gasteiger partial charge in [0.1, 0.15) is 5.82 Å². The Balaban J connectivity index is 1.40. The highest BCUT2D eigenvalue weighted by atomic mass is 15.1. The number of nitrogens with zero attached hydrogens (tertiary/aromatic N) is 4. The molecule has 1 saturated heterocycles. The Hall–Kier alpha value is -3.59. The molecular weight excluding hydrogens is 360 g/mol. The topological polar surface area (TPSA) is 76.9 Å². The molecule has 2 N–H and O–H groups in total. The van der Waals surface area contributed by atoms with Gasteiger partial charge in [-0.1, -0.05) is 6.92 Å². The number of hydrogen-bond donors (Lipinski definition) is 2. The second-order valence-electron chi connectivity index (χ2n) is 7.42. The van der Waals surface area contributed by atoms with Gasteiger partial charge < -0.3 is 15.5 Å². The number of nitriles is 1. The first-order valence-corrected chi connectivity index (χ1v) is 9.92. The molecule has 0 amide bonds. The van der Waals surface area contributed by atoms with Gasteiger partial charge in [-0.15, -0.1) is 0 Å². The minimum atomic E-state index is 0.531. The van der Waals surface area contributed by atoms with Crippen molar-refractivity contribution in [1.29, 1.82) is 5.26 Å². The first kappa shape index (κ1) is 18.8. The molecule has 2 heterocycles. The molecule has 3 aromatic rings. The van der Waals surface area contributed by atoms with Crippen LogP contribution in [-0.2, 0) is 0 Å². The van der Waals surface area contributed by atoms with Crippen molar-refractivity contribution in [3.8, 4) is 6.07 Å². The molecule has 1 aliphatic heterocycles. The summed E-state index contributed by atoms with van der Waals surface area (Å²) < 4.78 is 0. The fourth-order valence-corrected chi connectivity index (χ4v) is 3.42. The fraction of sp³-hybridized carbons (Fsp3) is 0.261. The standard InChI is InChI=1S/C23H24N6/c1-17-11-14-29(15-12-17)21-8-6-20(7-9-21)27-23-25-13-10-22(28-23)26-19-4-2-18(16-24)3-5-19/h2-10,13,17H,11-12,14-15H2,1H3,(H2,25,26,27,28). The zero-order valence-corrected chi connectivity index (χ0v) is 16.5. The summed E-state index contributed by atoms with van der Waals surface area (Å²) in [5, 5.41) is 15.4. The molecule has 0 atom stereocenters. The monoisotopic (exact) mass is 384 g/mol. The van der Waals surface area contributed by atoms with E-state index in [-0.39, 0.29) is 0 Å². The maximum absolute atomic E-state index is 8.89. The Morgan fingerprint density at radius 3 is 2.28 bits per heavy atom. The van der Waals surface area contributed by atoms with Crippen LogP contribution in [0.2, 0.25) is 0 Å². The highest BCUT2D eigenvalue weighted by Crippen LogP contribution is 2.25. The summed E-state index contributed by atoms with van der Waals surface area (Å²) in [5.41, 5.74) is 3.71. The highest BCUT2D eigenvalue weighted by Gasteiger charge is 2.15. The third kappa shape index (κ3) is 4.82. The predicted octanol–water partition coefficient (Wildman–Crippen LogP) is 5.07. The van der Waals surface area contributed by atoms with Gasteiger partial charge in [-0.2, -0.15) is 10.2 Å². The van der Waals surface area contributed by atoms with Crippen LogP contribution >= 0.6 is 0 Å². The van der Waals surface area contributed by atoms with Gasteiger partial charge in [-0.05, 0) is 73.4 Å². The Bertz CT molecular complexity index is 983. The molecule has 0 unspecified atom stereocenters. The van der Waals surface area contributed by atoms with Crippen molar-refractivity contribution in [2.45, 2.75) is 19.8 Å². The summed E-state index contributed by atoms with van der Waals surface area (Å²) in [6, 6.07) is 19.6. The van der Waals surface area contributed by atoms with Gasteiger partial charge in [0.25, 0.3) is 0 Å². The summed E-state index contributed by atoms with van der Waals surface area (Å²) in [6.45, 7) is 4.58. The molecule has 146 valence electrons. The number of rotatable bonds is 5. The molecule has 0 spiro atoms. The van der Waals surface area contributed by atoms with Gasteiger partial charge >= 0.3 is 0 Å². The predicted molar refractivity (Wildman–Crippen MR) is 117 cm³/mol. The van der Waals surface area contributed by atoms with E-state index >= 15 is 0 Å². The maximum atomic E-state index is 8.89. The zero-order chi connectivity index (χ0) is 20.1. The Kier molecular flexibility index (Phi) is 5.57. The van der Waals surface area contributed by atoms with E-state index in [4.69, 9.17) is 5.26 Å². The van der Waals surface area contributed by atoms with Crippen LogP contribution in [0.1, 0.15) is 25.3 Å². The maximum Gasteiger partial charge on any atom is 0.229 e. The summed E-state index contributed by atoms with van der Waals surface area (Å²) in [7, 11) is 0. The average molecular weight is 384 g/mol. The van der Waals surface area contributed by atoms with Crippen LogP contribution in [0.25, 0.3) is 0 Å². The van der Waals surface area contributed by atoms with Crippen molar-refractivity contribution >= 4 is 28.8 Å². The molecule has 0 saturated carbocycles. The molecule has 2 aromatic carbocycles. The van der Waals surface area contributed by atoms with Gasteiger partial charge in [0, 0.05) is 36.3 Å². The van der Waals surface area contributed by atoms with Crippen molar-refractivity contribution < 1.29 is 0 Å². The van der Waals surface area contributed by atoms with Crippen LogP contribution in [0.5, 0.6) is 0 Å². The smallest absolute Gasteiger partial charge is 0.229 e. The van der Waals surface area contributed by atoms with E-state index in [1.807, 2.05) is 18.2 Å². The van der Waals surface area contributed by atoms with Crippen LogP contribution in [0.3, 0.4) is 0 Å². The Labute approximate surface area is 171 Å². The van der Waals surface area contributed by atoms with E-state index in [0.717, 1.165) is 30.4 Å². The number of benzene rings is 2. The van der Waals surface area contributed by atoms with Crippen molar-refractivity contribution in [2.24, 2.45) is 5.92 Å². The highest BCUT2D eigenvalue weighted by molar-refractivity contribution is 5.62. The number of anilines is 5. The summed E-state index contributed by atoms with van der Waals surface area (Å²) in [4.78, 5) is 11.3. The number of aromatic nitrogens is 2. The normalized spacial score (nSPS) is 14.3.